The van der Waals surface area contributed by atoms with Crippen molar-refractivity contribution < 1.29 is 9.13 Å². The Hall–Kier alpha value is -1.52. The van der Waals surface area contributed by atoms with Crippen LogP contribution in [0.25, 0.3) is 0 Å². The van der Waals surface area contributed by atoms with Gasteiger partial charge in [0, 0.05) is 11.1 Å². The van der Waals surface area contributed by atoms with Crippen molar-refractivity contribution in [2.24, 2.45) is 0 Å². The van der Waals surface area contributed by atoms with Crippen LogP contribution in [-0.2, 0) is 0 Å². The SMILES string of the molecule is COc1ccc(NC(C)c2cc(F)c(Cl)cc2Cl)cn1. The zero-order valence-corrected chi connectivity index (χ0v) is 12.5. The van der Waals surface area contributed by atoms with Crippen molar-refractivity contribution in [1.29, 1.82) is 0 Å². The quantitative estimate of drug-likeness (QED) is 0.830. The molecule has 0 fully saturated rings. The Morgan fingerprint density at radius 2 is 2.00 bits per heavy atom. The van der Waals surface area contributed by atoms with Crippen molar-refractivity contribution in [1.82, 2.24) is 4.98 Å². The molecule has 1 aromatic carbocycles. The summed E-state index contributed by atoms with van der Waals surface area (Å²) in [4.78, 5) is 4.09. The smallest absolute Gasteiger partial charge is 0.213 e. The second kappa shape index (κ2) is 6.29. The molecule has 106 valence electrons. The first kappa shape index (κ1) is 14.9. The van der Waals surface area contributed by atoms with Gasteiger partial charge in [0.05, 0.1) is 30.1 Å². The molecule has 20 heavy (non-hydrogen) atoms. The fourth-order valence-electron chi connectivity index (χ4n) is 1.78. The Morgan fingerprint density at radius 3 is 2.60 bits per heavy atom. The van der Waals surface area contributed by atoms with Gasteiger partial charge in [0.15, 0.2) is 0 Å². The van der Waals surface area contributed by atoms with Crippen LogP contribution in [0.3, 0.4) is 0 Å². The minimum atomic E-state index is -0.493. The zero-order chi connectivity index (χ0) is 14.7. The normalized spacial score (nSPS) is 12.1. The van der Waals surface area contributed by atoms with Crippen LogP contribution < -0.4 is 10.1 Å². The number of halogens is 3. The minimum Gasteiger partial charge on any atom is -0.481 e. The second-order valence-electron chi connectivity index (χ2n) is 4.24. The number of anilines is 1. The van der Waals surface area contributed by atoms with E-state index < -0.39 is 5.82 Å². The molecule has 0 amide bonds. The Labute approximate surface area is 126 Å². The van der Waals surface area contributed by atoms with Crippen molar-refractivity contribution in [3.05, 3.63) is 51.9 Å². The van der Waals surface area contributed by atoms with E-state index in [9.17, 15) is 4.39 Å². The summed E-state index contributed by atoms with van der Waals surface area (Å²) < 4.78 is 18.5. The predicted octanol–water partition coefficient (Wildman–Crippen LogP) is 4.71. The maximum Gasteiger partial charge on any atom is 0.213 e. The standard InChI is InChI=1S/C14H13Cl2FN2O/c1-8(10-5-13(17)12(16)6-11(10)15)19-9-3-4-14(20-2)18-7-9/h3-8,19H,1-2H3. The van der Waals surface area contributed by atoms with E-state index in [0.29, 0.717) is 16.5 Å². The molecule has 0 aliphatic carbocycles. The molecule has 0 aliphatic rings. The number of benzene rings is 1. The van der Waals surface area contributed by atoms with Crippen molar-refractivity contribution in [3.8, 4) is 5.88 Å². The molecule has 0 aliphatic heterocycles. The third-order valence-corrected chi connectivity index (χ3v) is 3.45. The summed E-state index contributed by atoms with van der Waals surface area (Å²) in [5, 5.41) is 3.61. The van der Waals surface area contributed by atoms with Crippen molar-refractivity contribution in [3.63, 3.8) is 0 Å². The molecule has 0 saturated heterocycles. The number of hydrogen-bond donors (Lipinski definition) is 1. The summed E-state index contributed by atoms with van der Waals surface area (Å²) in [6, 6.07) is 6.10. The van der Waals surface area contributed by atoms with E-state index in [1.54, 1.807) is 19.4 Å². The largest absolute Gasteiger partial charge is 0.481 e. The van der Waals surface area contributed by atoms with Crippen LogP contribution in [0.5, 0.6) is 5.88 Å². The van der Waals surface area contributed by atoms with Crippen molar-refractivity contribution in [2.75, 3.05) is 12.4 Å². The van der Waals surface area contributed by atoms with Gasteiger partial charge in [-0.3, -0.25) is 0 Å². The van der Waals surface area contributed by atoms with E-state index >= 15 is 0 Å². The number of methoxy groups -OCH3 is 1. The Bertz CT molecular complexity index is 605. The maximum absolute atomic E-state index is 13.5. The van der Waals surface area contributed by atoms with Gasteiger partial charge in [0.1, 0.15) is 5.82 Å². The van der Waals surface area contributed by atoms with Crippen LogP contribution in [0.2, 0.25) is 10.0 Å². The van der Waals surface area contributed by atoms with Crippen LogP contribution in [0.4, 0.5) is 10.1 Å². The first-order chi connectivity index (χ1) is 9.51. The van der Waals surface area contributed by atoms with Gasteiger partial charge in [0.2, 0.25) is 5.88 Å². The number of aromatic nitrogens is 1. The first-order valence-electron chi connectivity index (χ1n) is 5.92. The summed E-state index contributed by atoms with van der Waals surface area (Å²) in [6.45, 7) is 1.87. The summed E-state index contributed by atoms with van der Waals surface area (Å²) in [6.07, 6.45) is 1.63. The number of pyridine rings is 1. The lowest BCUT2D eigenvalue weighted by atomic mass is 10.1. The lowest BCUT2D eigenvalue weighted by Gasteiger charge is -2.17. The summed E-state index contributed by atoms with van der Waals surface area (Å²) >= 11 is 11.8. The average molecular weight is 315 g/mol. The molecule has 1 heterocycles. The van der Waals surface area contributed by atoms with Crippen molar-refractivity contribution >= 4 is 28.9 Å². The maximum atomic E-state index is 13.5. The number of hydrogen-bond acceptors (Lipinski definition) is 3. The van der Waals surface area contributed by atoms with Gasteiger partial charge in [0.25, 0.3) is 0 Å². The van der Waals surface area contributed by atoms with Gasteiger partial charge in [-0.15, -0.1) is 0 Å². The second-order valence-corrected chi connectivity index (χ2v) is 5.06. The lowest BCUT2D eigenvalue weighted by Crippen LogP contribution is -2.08. The van der Waals surface area contributed by atoms with E-state index in [2.05, 4.69) is 10.3 Å². The van der Waals surface area contributed by atoms with Gasteiger partial charge in [-0.05, 0) is 30.7 Å². The number of nitrogens with zero attached hydrogens (tertiary/aromatic N) is 1. The predicted molar refractivity (Wildman–Crippen MR) is 79.2 cm³/mol. The summed E-state index contributed by atoms with van der Waals surface area (Å²) in [5.41, 5.74) is 1.41. The van der Waals surface area contributed by atoms with Gasteiger partial charge >= 0.3 is 0 Å². The van der Waals surface area contributed by atoms with Gasteiger partial charge < -0.3 is 10.1 Å². The molecular weight excluding hydrogens is 302 g/mol. The summed E-state index contributed by atoms with van der Waals surface area (Å²) in [5.74, 6) is 0.0337. The summed E-state index contributed by atoms with van der Waals surface area (Å²) in [7, 11) is 1.55. The van der Waals surface area contributed by atoms with Crippen LogP contribution in [0.15, 0.2) is 30.5 Å². The van der Waals surface area contributed by atoms with E-state index in [0.717, 1.165) is 5.69 Å². The minimum absolute atomic E-state index is 0.0112. The monoisotopic (exact) mass is 314 g/mol. The lowest BCUT2D eigenvalue weighted by molar-refractivity contribution is 0.398. The molecule has 1 atom stereocenters. The van der Waals surface area contributed by atoms with Crippen LogP contribution in [0.1, 0.15) is 18.5 Å². The molecule has 0 bridgehead atoms. The van der Waals surface area contributed by atoms with Gasteiger partial charge in [-0.25, -0.2) is 9.37 Å². The van der Waals surface area contributed by atoms with Crippen LogP contribution in [0, 0.1) is 5.82 Å². The molecule has 2 rings (SSSR count). The molecule has 1 unspecified atom stereocenters. The number of ether oxygens (including phenoxy) is 1. The van der Waals surface area contributed by atoms with E-state index in [-0.39, 0.29) is 11.1 Å². The van der Waals surface area contributed by atoms with E-state index in [4.69, 9.17) is 27.9 Å². The molecule has 1 aromatic heterocycles. The highest BCUT2D eigenvalue weighted by Gasteiger charge is 2.13. The first-order valence-corrected chi connectivity index (χ1v) is 6.68. The topological polar surface area (TPSA) is 34.1 Å². The Kier molecular flexibility index (Phi) is 4.68. The highest BCUT2D eigenvalue weighted by atomic mass is 35.5. The van der Waals surface area contributed by atoms with Gasteiger partial charge in [-0.1, -0.05) is 23.2 Å². The molecular formula is C14H13Cl2FN2O. The van der Waals surface area contributed by atoms with Crippen molar-refractivity contribution in [2.45, 2.75) is 13.0 Å². The zero-order valence-electron chi connectivity index (χ0n) is 11.0. The molecule has 0 radical (unpaired) electrons. The Morgan fingerprint density at radius 1 is 1.25 bits per heavy atom. The molecule has 1 N–H and O–H groups in total. The highest BCUT2D eigenvalue weighted by molar-refractivity contribution is 6.35. The van der Waals surface area contributed by atoms with Gasteiger partial charge in [-0.2, -0.15) is 0 Å². The molecule has 6 heteroatoms. The molecule has 0 spiro atoms. The third-order valence-electron chi connectivity index (χ3n) is 2.83. The van der Waals surface area contributed by atoms with E-state index in [1.165, 1.54) is 12.1 Å². The third kappa shape index (κ3) is 3.32. The average Bonchev–Trinajstić information content (AvgIpc) is 2.43. The fraction of sp³-hybridized carbons (Fsp3) is 0.214. The molecule has 3 nitrogen and oxygen atoms in total. The fourth-order valence-corrected chi connectivity index (χ4v) is 2.33. The number of rotatable bonds is 4. The Balaban J connectivity index is 2.18. The van der Waals surface area contributed by atoms with E-state index in [1.807, 2.05) is 13.0 Å². The van der Waals surface area contributed by atoms with Crippen LogP contribution >= 0.6 is 23.2 Å². The number of nitrogens with one attached hydrogen (secondary N) is 1. The molecule has 0 saturated carbocycles. The molecule has 2 aromatic rings. The van der Waals surface area contributed by atoms with Crippen LogP contribution in [-0.4, -0.2) is 12.1 Å². The highest BCUT2D eigenvalue weighted by Crippen LogP contribution is 2.30.